The van der Waals surface area contributed by atoms with Gasteiger partial charge in [-0.25, -0.2) is 29.2 Å². The first kappa shape index (κ1) is 50.2. The summed E-state index contributed by atoms with van der Waals surface area (Å²) in [7, 11) is 3.00. The average Bonchev–Trinajstić information content (AvgIpc) is 4.05. The maximum atomic E-state index is 12.7. The van der Waals surface area contributed by atoms with Gasteiger partial charge in [0.1, 0.15) is 36.1 Å². The quantitative estimate of drug-likeness (QED) is 0.0961. The number of halogens is 3. The second-order valence-corrected chi connectivity index (χ2v) is 19.1. The Morgan fingerprint density at radius 2 is 1.18 bits per heavy atom. The van der Waals surface area contributed by atoms with E-state index in [1.54, 1.807) is 41.3 Å². The average molecular weight is 980 g/mol. The fourth-order valence-corrected chi connectivity index (χ4v) is 8.90. The van der Waals surface area contributed by atoms with E-state index in [9.17, 15) is 9.59 Å². The first-order chi connectivity index (χ1) is 31.7. The highest BCUT2D eigenvalue weighted by Crippen LogP contribution is 2.44. The zero-order chi connectivity index (χ0) is 48.8. The fourth-order valence-electron chi connectivity index (χ4n) is 8.30. The van der Waals surface area contributed by atoms with Crippen LogP contribution in [0.1, 0.15) is 80.1 Å². The van der Waals surface area contributed by atoms with E-state index in [0.717, 1.165) is 32.1 Å². The molecular weight excluding hydrogens is 927 g/mol. The van der Waals surface area contributed by atoms with Gasteiger partial charge < -0.3 is 39.5 Å². The molecular formula is C46H53Cl3N10O8. The lowest BCUT2D eigenvalue weighted by molar-refractivity contribution is 0.0169. The third-order valence-corrected chi connectivity index (χ3v) is 12.0. The molecule has 21 heteroatoms. The number of anilines is 3. The lowest BCUT2D eigenvalue weighted by Gasteiger charge is -2.28. The standard InChI is InChI=1S/C23H26ClN5O4.C16H22ClN3O4.C7H5ClN2/c1-23(2,3)33-22(30)29-14-7-9-17(29)18(11-14)32-21-19(31-5)20(26-12-27-21)28-16-8-6-13(25-4)10-15(16)24;1-16(2,3)24-15(21)20-9-5-6-10(20)11(7-9)23-14-12(22-4)13(17)18-8-19-14;1-10-5-2-3-7(9)6(8)4-5/h6,8,10,12,14,17-18H,7,9,11H2,1-3,5H3,(H,26,27,28);8-11H,5-7H2,1-4H3;2-4H,9H2/t14?,17?,18-;9?,10?,11-;/m00./s1. The van der Waals surface area contributed by atoms with Crippen LogP contribution in [0, 0.1) is 13.1 Å². The third-order valence-electron chi connectivity index (χ3n) is 11.0. The van der Waals surface area contributed by atoms with E-state index in [1.165, 1.54) is 26.9 Å². The third kappa shape index (κ3) is 12.2. The highest BCUT2D eigenvalue weighted by molar-refractivity contribution is 6.34. The molecule has 6 atom stereocenters. The van der Waals surface area contributed by atoms with Gasteiger partial charge >= 0.3 is 12.2 Å². The van der Waals surface area contributed by atoms with Crippen LogP contribution in [0.3, 0.4) is 0 Å². The molecule has 4 fully saturated rings. The van der Waals surface area contributed by atoms with Gasteiger partial charge in [-0.2, -0.15) is 9.97 Å². The molecule has 6 heterocycles. The number of nitrogens with zero attached hydrogens (tertiary/aromatic N) is 8. The van der Waals surface area contributed by atoms with Gasteiger partial charge in [-0.1, -0.05) is 46.9 Å². The minimum atomic E-state index is -0.555. The number of carbonyl (C=O) groups is 2. The summed E-state index contributed by atoms with van der Waals surface area (Å²) in [4.78, 5) is 51.9. The van der Waals surface area contributed by atoms with Crippen molar-refractivity contribution in [2.24, 2.45) is 0 Å². The first-order valence-electron chi connectivity index (χ1n) is 21.4. The molecule has 4 aliphatic rings. The summed E-state index contributed by atoms with van der Waals surface area (Å²) in [5.74, 6) is 1.61. The second kappa shape index (κ2) is 21.2. The number of carbonyl (C=O) groups excluding carboxylic acids is 2. The van der Waals surface area contributed by atoms with Crippen molar-refractivity contribution in [1.82, 2.24) is 29.7 Å². The number of hydrogen-bond donors (Lipinski definition) is 2. The van der Waals surface area contributed by atoms with Gasteiger partial charge in [0.25, 0.3) is 11.8 Å². The van der Waals surface area contributed by atoms with Gasteiger partial charge in [0.2, 0.25) is 11.5 Å². The molecule has 4 aliphatic heterocycles. The van der Waals surface area contributed by atoms with Crippen molar-refractivity contribution in [1.29, 1.82) is 0 Å². The van der Waals surface area contributed by atoms with Crippen molar-refractivity contribution in [2.75, 3.05) is 25.3 Å². The van der Waals surface area contributed by atoms with Crippen LogP contribution in [0.5, 0.6) is 23.3 Å². The Labute approximate surface area is 404 Å². The first-order valence-corrected chi connectivity index (χ1v) is 22.5. The second-order valence-electron chi connectivity index (χ2n) is 17.9. The number of nitrogens with one attached hydrogen (secondary N) is 1. The molecule has 2 aromatic heterocycles. The molecule has 0 saturated carbocycles. The van der Waals surface area contributed by atoms with E-state index >= 15 is 0 Å². The van der Waals surface area contributed by atoms with E-state index in [2.05, 4.69) is 34.9 Å². The Morgan fingerprint density at radius 3 is 1.64 bits per heavy atom. The molecule has 8 rings (SSSR count). The summed E-state index contributed by atoms with van der Waals surface area (Å²) < 4.78 is 34.2. The lowest BCUT2D eigenvalue weighted by atomic mass is 9.98. The van der Waals surface area contributed by atoms with Crippen LogP contribution in [-0.2, 0) is 9.47 Å². The minimum absolute atomic E-state index is 0.0247. The molecule has 4 unspecified atom stereocenters. The van der Waals surface area contributed by atoms with Crippen LogP contribution in [0.15, 0.2) is 49.1 Å². The smallest absolute Gasteiger partial charge is 0.410 e. The molecule has 2 aromatic carbocycles. The Morgan fingerprint density at radius 1 is 0.701 bits per heavy atom. The van der Waals surface area contributed by atoms with Crippen LogP contribution in [0.25, 0.3) is 9.69 Å². The molecule has 67 heavy (non-hydrogen) atoms. The zero-order valence-electron chi connectivity index (χ0n) is 38.4. The highest BCUT2D eigenvalue weighted by atomic mass is 35.5. The highest BCUT2D eigenvalue weighted by Gasteiger charge is 2.53. The number of nitrogens with two attached hydrogens (primary N) is 1. The number of benzene rings is 2. The van der Waals surface area contributed by atoms with Crippen molar-refractivity contribution < 1.29 is 38.0 Å². The number of hydrogen-bond acceptors (Lipinski definition) is 14. The number of nitrogen functional groups attached to an aromatic ring is 1. The van der Waals surface area contributed by atoms with Crippen molar-refractivity contribution in [3.63, 3.8) is 0 Å². The largest absolute Gasteiger partial charge is 0.489 e. The van der Waals surface area contributed by atoms with Gasteiger partial charge in [-0.15, -0.1) is 0 Å². The van der Waals surface area contributed by atoms with Crippen LogP contribution in [0.2, 0.25) is 15.2 Å². The predicted octanol–water partition coefficient (Wildman–Crippen LogP) is 10.9. The van der Waals surface area contributed by atoms with Gasteiger partial charge in [0.15, 0.2) is 22.3 Å². The Bertz CT molecular complexity index is 2530. The number of ether oxygens (including phenoxy) is 6. The van der Waals surface area contributed by atoms with Crippen LogP contribution in [0.4, 0.5) is 38.2 Å². The molecule has 0 spiro atoms. The Kier molecular flexibility index (Phi) is 15.9. The topological polar surface area (TPSA) is 194 Å². The van der Waals surface area contributed by atoms with Crippen molar-refractivity contribution >= 4 is 75.6 Å². The zero-order valence-corrected chi connectivity index (χ0v) is 40.6. The minimum Gasteiger partial charge on any atom is -0.489 e. The van der Waals surface area contributed by atoms with Crippen LogP contribution in [-0.4, -0.2) is 104 Å². The molecule has 2 amide bonds. The summed E-state index contributed by atoms with van der Waals surface area (Å²) in [6, 6.07) is 9.84. The number of aromatic nitrogens is 4. The van der Waals surface area contributed by atoms with E-state index in [-0.39, 0.29) is 59.6 Å². The molecule has 4 saturated heterocycles. The maximum absolute atomic E-state index is 12.7. The van der Waals surface area contributed by atoms with E-state index in [4.69, 9.17) is 82.1 Å². The van der Waals surface area contributed by atoms with E-state index < -0.39 is 11.2 Å². The van der Waals surface area contributed by atoms with Gasteiger partial charge in [-0.05, 0) is 91.5 Å². The molecule has 356 valence electrons. The van der Waals surface area contributed by atoms with Crippen molar-refractivity contribution in [3.05, 3.63) is 87.1 Å². The monoisotopic (exact) mass is 978 g/mol. The predicted molar refractivity (Wildman–Crippen MR) is 253 cm³/mol. The maximum Gasteiger partial charge on any atom is 0.410 e. The summed E-state index contributed by atoms with van der Waals surface area (Å²) in [5, 5.41) is 4.14. The van der Waals surface area contributed by atoms with E-state index in [1.807, 2.05) is 46.4 Å². The van der Waals surface area contributed by atoms with Crippen LogP contribution < -0.4 is 30.0 Å². The van der Waals surface area contributed by atoms with Gasteiger partial charge in [-0.3, -0.25) is 9.80 Å². The molecule has 0 radical (unpaired) electrons. The summed E-state index contributed by atoms with van der Waals surface area (Å²) >= 11 is 17.9. The number of methoxy groups -OCH3 is 2. The number of rotatable bonds is 8. The number of amides is 2. The SMILES string of the molecule is COc1c(Cl)ncnc1O[C@H]1CC2CCC1N2C(=O)OC(C)(C)C.[C-]#[N+]c1ccc(N)c(Cl)c1.[C-]#[N+]c1ccc(Nc2ncnc(O[C@H]3CC4CCC3N4C(=O)OC(C)(C)C)c2OC)c(Cl)c1. The summed E-state index contributed by atoms with van der Waals surface area (Å²) in [5.41, 5.74) is 6.37. The molecule has 4 bridgehead atoms. The van der Waals surface area contributed by atoms with Crippen molar-refractivity contribution in [2.45, 2.75) is 128 Å². The fraction of sp³-hybridized carbons (Fsp3) is 0.478. The molecule has 18 nitrogen and oxygen atoms in total. The molecule has 3 N–H and O–H groups in total. The Hall–Kier alpha value is -6.21. The van der Waals surface area contributed by atoms with Gasteiger partial charge in [0.05, 0.1) is 55.2 Å². The van der Waals surface area contributed by atoms with Gasteiger partial charge in [0, 0.05) is 30.6 Å². The summed E-state index contributed by atoms with van der Waals surface area (Å²) in [6.45, 7) is 24.9. The molecule has 4 aromatic rings. The Balaban J connectivity index is 0.000000189. The van der Waals surface area contributed by atoms with E-state index in [0.29, 0.717) is 62.4 Å². The molecule has 0 aliphatic carbocycles. The van der Waals surface area contributed by atoms with Crippen LogP contribution >= 0.6 is 34.8 Å². The lowest BCUT2D eigenvalue weighted by Crippen LogP contribution is -2.42. The summed E-state index contributed by atoms with van der Waals surface area (Å²) in [6.07, 6.45) is 6.79. The normalized spacial score (nSPS) is 21.1. The van der Waals surface area contributed by atoms with Crippen molar-refractivity contribution in [3.8, 4) is 23.3 Å². The number of fused-ring (bicyclic) bond motifs is 4.